The lowest BCUT2D eigenvalue weighted by Gasteiger charge is -2.23. The third kappa shape index (κ3) is 4.06. The molecular formula is C14H19NO4. The monoisotopic (exact) mass is 265 g/mol. The van der Waals surface area contributed by atoms with E-state index in [-0.39, 0.29) is 5.91 Å². The molecule has 0 radical (unpaired) electrons. The van der Waals surface area contributed by atoms with Crippen molar-refractivity contribution < 1.29 is 19.1 Å². The van der Waals surface area contributed by atoms with Crippen LogP contribution in [0.4, 0.5) is 0 Å². The summed E-state index contributed by atoms with van der Waals surface area (Å²) in [7, 11) is 2.88. The SMILES string of the molecule is COCc1cccc(C(=O)NC(C)(C)C(=O)OC)c1. The summed E-state index contributed by atoms with van der Waals surface area (Å²) >= 11 is 0. The molecule has 5 nitrogen and oxygen atoms in total. The number of nitrogens with one attached hydrogen (secondary N) is 1. The van der Waals surface area contributed by atoms with Crippen molar-refractivity contribution in [1.82, 2.24) is 5.32 Å². The third-order valence-corrected chi connectivity index (χ3v) is 2.62. The number of esters is 1. The van der Waals surface area contributed by atoms with Gasteiger partial charge in [-0.2, -0.15) is 0 Å². The predicted octanol–water partition coefficient (Wildman–Crippen LogP) is 1.51. The van der Waals surface area contributed by atoms with E-state index in [4.69, 9.17) is 4.74 Å². The van der Waals surface area contributed by atoms with Crippen LogP contribution in [0.2, 0.25) is 0 Å². The summed E-state index contributed by atoms with van der Waals surface area (Å²) in [6, 6.07) is 7.05. The maximum Gasteiger partial charge on any atom is 0.330 e. The van der Waals surface area contributed by atoms with Crippen molar-refractivity contribution in [2.24, 2.45) is 0 Å². The highest BCUT2D eigenvalue weighted by atomic mass is 16.5. The molecule has 0 aliphatic rings. The highest BCUT2D eigenvalue weighted by Gasteiger charge is 2.30. The van der Waals surface area contributed by atoms with Crippen LogP contribution in [0.1, 0.15) is 29.8 Å². The van der Waals surface area contributed by atoms with E-state index in [2.05, 4.69) is 10.1 Å². The highest BCUT2D eigenvalue weighted by Crippen LogP contribution is 2.10. The number of hydrogen-bond acceptors (Lipinski definition) is 4. The lowest BCUT2D eigenvalue weighted by molar-refractivity contribution is -0.146. The molecule has 19 heavy (non-hydrogen) atoms. The van der Waals surface area contributed by atoms with Gasteiger partial charge in [0.1, 0.15) is 5.54 Å². The Labute approximate surface area is 112 Å². The summed E-state index contributed by atoms with van der Waals surface area (Å²) in [6.07, 6.45) is 0. The van der Waals surface area contributed by atoms with Crippen molar-refractivity contribution >= 4 is 11.9 Å². The zero-order chi connectivity index (χ0) is 14.5. The number of rotatable bonds is 5. The Bertz CT molecular complexity index is 468. The normalized spacial score (nSPS) is 10.9. The van der Waals surface area contributed by atoms with Crippen LogP contribution >= 0.6 is 0 Å². The van der Waals surface area contributed by atoms with Gasteiger partial charge in [-0.3, -0.25) is 4.79 Å². The second-order valence-electron chi connectivity index (χ2n) is 4.70. The van der Waals surface area contributed by atoms with E-state index in [1.807, 2.05) is 6.07 Å². The van der Waals surface area contributed by atoms with Crippen molar-refractivity contribution in [3.63, 3.8) is 0 Å². The number of amides is 1. The van der Waals surface area contributed by atoms with E-state index in [1.54, 1.807) is 39.2 Å². The van der Waals surface area contributed by atoms with E-state index >= 15 is 0 Å². The molecule has 0 unspecified atom stereocenters. The molecule has 0 aliphatic heterocycles. The summed E-state index contributed by atoms with van der Waals surface area (Å²) < 4.78 is 9.65. The molecule has 0 atom stereocenters. The Hall–Kier alpha value is -1.88. The van der Waals surface area contributed by atoms with Gasteiger partial charge in [0.05, 0.1) is 13.7 Å². The van der Waals surface area contributed by atoms with Gasteiger partial charge in [0.25, 0.3) is 5.91 Å². The first-order chi connectivity index (χ1) is 8.90. The van der Waals surface area contributed by atoms with Crippen molar-refractivity contribution in [3.8, 4) is 0 Å². The first kappa shape index (κ1) is 15.2. The van der Waals surface area contributed by atoms with Gasteiger partial charge in [-0.05, 0) is 31.5 Å². The quantitative estimate of drug-likeness (QED) is 0.820. The summed E-state index contributed by atoms with van der Waals surface area (Å²) in [5, 5.41) is 2.64. The van der Waals surface area contributed by atoms with Gasteiger partial charge in [0, 0.05) is 12.7 Å². The molecule has 1 aromatic rings. The number of carbonyl (C=O) groups excluding carboxylic acids is 2. The fraction of sp³-hybridized carbons (Fsp3) is 0.429. The standard InChI is InChI=1S/C14H19NO4/c1-14(2,13(17)19-4)15-12(16)11-7-5-6-10(8-11)9-18-3/h5-8H,9H2,1-4H3,(H,15,16). The van der Waals surface area contributed by atoms with Gasteiger partial charge in [-0.25, -0.2) is 4.79 Å². The summed E-state index contributed by atoms with van der Waals surface area (Å²) in [4.78, 5) is 23.6. The van der Waals surface area contributed by atoms with E-state index < -0.39 is 11.5 Å². The smallest absolute Gasteiger partial charge is 0.330 e. The van der Waals surface area contributed by atoms with Crippen molar-refractivity contribution in [2.75, 3.05) is 14.2 Å². The molecule has 104 valence electrons. The molecule has 1 rings (SSSR count). The number of carbonyl (C=O) groups is 2. The van der Waals surface area contributed by atoms with Crippen LogP contribution < -0.4 is 5.32 Å². The lowest BCUT2D eigenvalue weighted by atomic mass is 10.0. The zero-order valence-electron chi connectivity index (χ0n) is 11.6. The molecule has 5 heteroatoms. The van der Waals surface area contributed by atoms with Crippen molar-refractivity contribution in [2.45, 2.75) is 26.0 Å². The molecule has 0 heterocycles. The van der Waals surface area contributed by atoms with Crippen LogP contribution in [-0.4, -0.2) is 31.6 Å². The lowest BCUT2D eigenvalue weighted by Crippen LogP contribution is -2.50. The average Bonchev–Trinajstić information content (AvgIpc) is 2.38. The summed E-state index contributed by atoms with van der Waals surface area (Å²) in [6.45, 7) is 3.62. The Balaban J connectivity index is 2.83. The molecule has 0 spiro atoms. The Morgan fingerprint density at radius 2 is 1.95 bits per heavy atom. The molecular weight excluding hydrogens is 246 g/mol. The summed E-state index contributed by atoms with van der Waals surface area (Å²) in [5.74, 6) is -0.817. The average molecular weight is 265 g/mol. The van der Waals surface area contributed by atoms with E-state index in [0.29, 0.717) is 12.2 Å². The van der Waals surface area contributed by atoms with E-state index in [9.17, 15) is 9.59 Å². The second kappa shape index (κ2) is 6.33. The van der Waals surface area contributed by atoms with Gasteiger partial charge in [-0.1, -0.05) is 12.1 Å². The maximum absolute atomic E-state index is 12.1. The Morgan fingerprint density at radius 3 is 2.53 bits per heavy atom. The van der Waals surface area contributed by atoms with Crippen molar-refractivity contribution in [3.05, 3.63) is 35.4 Å². The third-order valence-electron chi connectivity index (χ3n) is 2.62. The highest BCUT2D eigenvalue weighted by molar-refractivity contribution is 5.98. The van der Waals surface area contributed by atoms with E-state index in [1.165, 1.54) is 7.11 Å². The number of benzene rings is 1. The zero-order valence-corrected chi connectivity index (χ0v) is 11.6. The van der Waals surface area contributed by atoms with Crippen LogP contribution in [0.25, 0.3) is 0 Å². The van der Waals surface area contributed by atoms with Gasteiger partial charge in [0.2, 0.25) is 0 Å². The minimum absolute atomic E-state index is 0.326. The first-order valence-electron chi connectivity index (χ1n) is 5.89. The molecule has 0 aliphatic carbocycles. The van der Waals surface area contributed by atoms with Gasteiger partial charge >= 0.3 is 5.97 Å². The Morgan fingerprint density at radius 1 is 1.26 bits per heavy atom. The molecule has 0 saturated heterocycles. The predicted molar refractivity (Wildman–Crippen MR) is 70.7 cm³/mol. The largest absolute Gasteiger partial charge is 0.467 e. The van der Waals surface area contributed by atoms with Crippen LogP contribution in [-0.2, 0) is 20.9 Å². The van der Waals surface area contributed by atoms with Crippen molar-refractivity contribution in [1.29, 1.82) is 0 Å². The molecule has 0 fully saturated rings. The minimum atomic E-state index is -1.07. The molecule has 1 amide bonds. The number of methoxy groups -OCH3 is 2. The molecule has 0 aromatic heterocycles. The second-order valence-corrected chi connectivity index (χ2v) is 4.70. The van der Waals surface area contributed by atoms with Crippen LogP contribution in [0.5, 0.6) is 0 Å². The first-order valence-corrected chi connectivity index (χ1v) is 5.89. The van der Waals surface area contributed by atoms with Crippen LogP contribution in [0.15, 0.2) is 24.3 Å². The fourth-order valence-electron chi connectivity index (χ4n) is 1.63. The maximum atomic E-state index is 12.1. The molecule has 0 bridgehead atoms. The molecule has 1 aromatic carbocycles. The van der Waals surface area contributed by atoms with E-state index in [0.717, 1.165) is 5.56 Å². The number of hydrogen-bond donors (Lipinski definition) is 1. The van der Waals surface area contributed by atoms with Gasteiger partial charge in [0.15, 0.2) is 0 Å². The molecule has 1 N–H and O–H groups in total. The van der Waals surface area contributed by atoms with Gasteiger partial charge in [-0.15, -0.1) is 0 Å². The summed E-state index contributed by atoms with van der Waals surface area (Å²) in [5.41, 5.74) is 0.306. The fourth-order valence-corrected chi connectivity index (χ4v) is 1.63. The number of ether oxygens (including phenoxy) is 2. The molecule has 0 saturated carbocycles. The Kier molecular flexibility index (Phi) is 5.06. The topological polar surface area (TPSA) is 64.6 Å². The van der Waals surface area contributed by atoms with Crippen LogP contribution in [0.3, 0.4) is 0 Å². The van der Waals surface area contributed by atoms with Gasteiger partial charge < -0.3 is 14.8 Å². The minimum Gasteiger partial charge on any atom is -0.467 e. The van der Waals surface area contributed by atoms with Crippen LogP contribution in [0, 0.1) is 0 Å².